The fourth-order valence-corrected chi connectivity index (χ4v) is 2.75. The molecule has 0 spiro atoms. The van der Waals surface area contributed by atoms with Crippen molar-refractivity contribution in [2.45, 2.75) is 17.7 Å². The molecule has 2 aromatic rings. The molecule has 0 aliphatic heterocycles. The van der Waals surface area contributed by atoms with Crippen LogP contribution in [0.5, 0.6) is 0 Å². The topological polar surface area (TPSA) is 38.9 Å². The Morgan fingerprint density at radius 3 is 3.00 bits per heavy atom. The van der Waals surface area contributed by atoms with E-state index < -0.39 is 0 Å². The average Bonchev–Trinajstić information content (AvgIpc) is 2.72. The first-order valence-electron chi connectivity index (χ1n) is 3.91. The highest BCUT2D eigenvalue weighted by atomic mass is 35.5. The van der Waals surface area contributed by atoms with Crippen LogP contribution in [0.4, 0.5) is 0 Å². The Morgan fingerprint density at radius 1 is 1.57 bits per heavy atom. The summed E-state index contributed by atoms with van der Waals surface area (Å²) >= 11 is 8.47. The van der Waals surface area contributed by atoms with E-state index in [2.05, 4.69) is 8.75 Å². The summed E-state index contributed by atoms with van der Waals surface area (Å²) in [5.74, 6) is 1.70. The Morgan fingerprint density at radius 2 is 2.43 bits per heavy atom. The van der Waals surface area contributed by atoms with Gasteiger partial charge >= 0.3 is 0 Å². The van der Waals surface area contributed by atoms with Crippen LogP contribution in [-0.4, -0.2) is 8.75 Å². The van der Waals surface area contributed by atoms with Crippen molar-refractivity contribution < 1.29 is 4.42 Å². The molecule has 2 heterocycles. The molecule has 0 atom stereocenters. The van der Waals surface area contributed by atoms with Gasteiger partial charge in [-0.05, 0) is 18.6 Å². The summed E-state index contributed by atoms with van der Waals surface area (Å²) in [6, 6.07) is 1.94. The number of aryl methyl sites for hydroxylation is 1. The van der Waals surface area contributed by atoms with E-state index in [4.69, 9.17) is 16.0 Å². The maximum absolute atomic E-state index is 5.81. The number of hydrogen-bond donors (Lipinski definition) is 0. The van der Waals surface area contributed by atoms with Crippen LogP contribution in [0.3, 0.4) is 0 Å². The Labute approximate surface area is 94.8 Å². The van der Waals surface area contributed by atoms with Crippen molar-refractivity contribution >= 4 is 35.1 Å². The number of furan rings is 1. The maximum Gasteiger partial charge on any atom is 0.176 e. The van der Waals surface area contributed by atoms with Gasteiger partial charge in [0, 0.05) is 0 Å². The lowest BCUT2D eigenvalue weighted by Crippen LogP contribution is -1.80. The van der Waals surface area contributed by atoms with Crippen LogP contribution in [-0.2, 0) is 5.75 Å². The Balaban J connectivity index is 2.02. The molecule has 0 saturated carbocycles. The Bertz CT molecular complexity index is 386. The van der Waals surface area contributed by atoms with Crippen molar-refractivity contribution in [3.63, 3.8) is 0 Å². The van der Waals surface area contributed by atoms with Gasteiger partial charge in [0.05, 0.1) is 23.7 Å². The minimum absolute atomic E-state index is 0.476. The predicted molar refractivity (Wildman–Crippen MR) is 57.9 cm³/mol. The van der Waals surface area contributed by atoms with Crippen molar-refractivity contribution in [2.24, 2.45) is 0 Å². The molecule has 0 bridgehead atoms. The number of halogens is 1. The molecule has 14 heavy (non-hydrogen) atoms. The van der Waals surface area contributed by atoms with Crippen LogP contribution >= 0.6 is 35.1 Å². The molecule has 0 N–H and O–H groups in total. The van der Waals surface area contributed by atoms with Gasteiger partial charge in [0.15, 0.2) is 5.15 Å². The average molecular weight is 247 g/mol. The predicted octanol–water partition coefficient (Wildman–Crippen LogP) is 3.39. The van der Waals surface area contributed by atoms with Gasteiger partial charge in [-0.15, -0.1) is 0 Å². The zero-order valence-corrected chi connectivity index (χ0v) is 9.75. The zero-order chi connectivity index (χ0) is 9.97. The van der Waals surface area contributed by atoms with E-state index in [1.807, 2.05) is 13.0 Å². The molecule has 0 fully saturated rings. The fourth-order valence-electron chi connectivity index (χ4n) is 0.942. The number of nitrogens with zero attached hydrogens (tertiary/aromatic N) is 2. The van der Waals surface area contributed by atoms with Crippen LogP contribution < -0.4 is 0 Å². The van der Waals surface area contributed by atoms with Gasteiger partial charge in [0.25, 0.3) is 0 Å². The standard InChI is InChI=1S/C8H7ClN2OS2/c1-5-2-3-12-6(5)4-13-8-7(9)10-14-11-8/h2-3H,4H2,1H3. The van der Waals surface area contributed by atoms with Crippen LogP contribution in [0.2, 0.25) is 5.15 Å². The molecule has 2 aromatic heterocycles. The molecular weight excluding hydrogens is 240 g/mol. The van der Waals surface area contributed by atoms with Crippen LogP contribution in [0, 0.1) is 6.92 Å². The maximum atomic E-state index is 5.81. The molecule has 74 valence electrons. The van der Waals surface area contributed by atoms with Gasteiger partial charge in [-0.2, -0.15) is 8.75 Å². The molecule has 0 unspecified atom stereocenters. The van der Waals surface area contributed by atoms with Crippen molar-refractivity contribution in [2.75, 3.05) is 0 Å². The van der Waals surface area contributed by atoms with E-state index in [1.165, 1.54) is 11.8 Å². The third kappa shape index (κ3) is 2.10. The Hall–Kier alpha value is -0.520. The summed E-state index contributed by atoms with van der Waals surface area (Å²) in [6.45, 7) is 2.01. The van der Waals surface area contributed by atoms with E-state index in [0.29, 0.717) is 5.15 Å². The highest BCUT2D eigenvalue weighted by molar-refractivity contribution is 7.98. The van der Waals surface area contributed by atoms with E-state index in [1.54, 1.807) is 6.26 Å². The summed E-state index contributed by atoms with van der Waals surface area (Å²) in [6.07, 6.45) is 1.69. The van der Waals surface area contributed by atoms with E-state index in [0.717, 1.165) is 33.8 Å². The van der Waals surface area contributed by atoms with Crippen LogP contribution in [0.15, 0.2) is 21.8 Å². The quantitative estimate of drug-likeness (QED) is 0.779. The first kappa shape index (κ1) is 10.0. The number of hydrogen-bond acceptors (Lipinski definition) is 5. The largest absolute Gasteiger partial charge is 0.468 e. The molecule has 0 aliphatic rings. The lowest BCUT2D eigenvalue weighted by Gasteiger charge is -1.95. The highest BCUT2D eigenvalue weighted by Crippen LogP contribution is 2.28. The summed E-state index contributed by atoms with van der Waals surface area (Å²) < 4.78 is 13.2. The SMILES string of the molecule is Cc1ccoc1CSc1nsnc1Cl. The second-order valence-corrected chi connectivity index (χ2v) is 4.53. The van der Waals surface area contributed by atoms with E-state index in [-0.39, 0.29) is 0 Å². The van der Waals surface area contributed by atoms with Crippen LogP contribution in [0.1, 0.15) is 11.3 Å². The van der Waals surface area contributed by atoms with Crippen molar-refractivity contribution in [1.82, 2.24) is 8.75 Å². The number of thioether (sulfide) groups is 1. The van der Waals surface area contributed by atoms with Crippen LogP contribution in [0.25, 0.3) is 0 Å². The smallest absolute Gasteiger partial charge is 0.176 e. The highest BCUT2D eigenvalue weighted by Gasteiger charge is 2.08. The monoisotopic (exact) mass is 246 g/mol. The summed E-state index contributed by atoms with van der Waals surface area (Å²) in [4.78, 5) is 0. The van der Waals surface area contributed by atoms with E-state index in [9.17, 15) is 0 Å². The second-order valence-electron chi connectivity index (χ2n) is 2.68. The molecule has 0 aliphatic carbocycles. The van der Waals surface area contributed by atoms with Gasteiger partial charge in [-0.25, -0.2) is 0 Å². The normalized spacial score (nSPS) is 10.7. The van der Waals surface area contributed by atoms with E-state index >= 15 is 0 Å². The van der Waals surface area contributed by atoms with Gasteiger partial charge in [-0.3, -0.25) is 0 Å². The van der Waals surface area contributed by atoms with Gasteiger partial charge in [0.2, 0.25) is 0 Å². The molecule has 0 saturated heterocycles. The molecule has 0 aromatic carbocycles. The van der Waals surface area contributed by atoms with Crippen molar-refractivity contribution in [1.29, 1.82) is 0 Å². The Kier molecular flexibility index (Phi) is 3.10. The summed E-state index contributed by atoms with van der Waals surface area (Å²) in [7, 11) is 0. The molecule has 0 amide bonds. The summed E-state index contributed by atoms with van der Waals surface area (Å²) in [5, 5.41) is 1.25. The molecule has 3 nitrogen and oxygen atoms in total. The van der Waals surface area contributed by atoms with Gasteiger partial charge in [-0.1, -0.05) is 23.4 Å². The lowest BCUT2D eigenvalue weighted by molar-refractivity contribution is 0.528. The molecule has 6 heteroatoms. The summed E-state index contributed by atoms with van der Waals surface area (Å²) in [5.41, 5.74) is 1.15. The molecule has 0 radical (unpaired) electrons. The molecular formula is C8H7ClN2OS2. The number of rotatable bonds is 3. The lowest BCUT2D eigenvalue weighted by atomic mass is 10.3. The minimum atomic E-state index is 0.476. The fraction of sp³-hybridized carbons (Fsp3) is 0.250. The first-order chi connectivity index (χ1) is 6.77. The first-order valence-corrected chi connectivity index (χ1v) is 6.00. The molecule has 2 rings (SSSR count). The second kappa shape index (κ2) is 4.33. The third-order valence-electron chi connectivity index (χ3n) is 1.73. The van der Waals surface area contributed by atoms with Crippen molar-refractivity contribution in [3.8, 4) is 0 Å². The minimum Gasteiger partial charge on any atom is -0.468 e. The number of aromatic nitrogens is 2. The van der Waals surface area contributed by atoms with Crippen molar-refractivity contribution in [3.05, 3.63) is 28.8 Å². The van der Waals surface area contributed by atoms with Gasteiger partial charge < -0.3 is 4.42 Å². The van der Waals surface area contributed by atoms with Gasteiger partial charge in [0.1, 0.15) is 10.8 Å². The third-order valence-corrected chi connectivity index (χ3v) is 3.81. The zero-order valence-electron chi connectivity index (χ0n) is 7.36.